The van der Waals surface area contributed by atoms with Gasteiger partial charge in [0.05, 0.1) is 6.61 Å². The van der Waals surface area contributed by atoms with E-state index in [0.29, 0.717) is 6.61 Å². The van der Waals surface area contributed by atoms with Gasteiger partial charge in [-0.25, -0.2) is 0 Å². The van der Waals surface area contributed by atoms with Crippen molar-refractivity contribution >= 4 is 5.78 Å². The summed E-state index contributed by atoms with van der Waals surface area (Å²) in [6.07, 6.45) is 3.23. The van der Waals surface area contributed by atoms with Crippen LogP contribution in [0.2, 0.25) is 0 Å². The predicted octanol–water partition coefficient (Wildman–Crippen LogP) is 1.10. The molecule has 1 saturated heterocycles. The van der Waals surface area contributed by atoms with Gasteiger partial charge in [0.1, 0.15) is 0 Å². The van der Waals surface area contributed by atoms with Crippen molar-refractivity contribution in [1.82, 2.24) is 5.32 Å². The number of hydrogen-bond donors (Lipinski definition) is 1. The van der Waals surface area contributed by atoms with E-state index in [1.54, 1.807) is 0 Å². The topological polar surface area (TPSA) is 38.3 Å². The molecule has 0 bridgehead atoms. The van der Waals surface area contributed by atoms with Crippen molar-refractivity contribution in [3.05, 3.63) is 12.7 Å². The summed E-state index contributed by atoms with van der Waals surface area (Å²) >= 11 is 0. The van der Waals surface area contributed by atoms with Crippen LogP contribution in [-0.2, 0) is 9.53 Å². The Kier molecular flexibility index (Phi) is 4.12. The summed E-state index contributed by atoms with van der Waals surface area (Å²) in [5.74, 6) is 0.230. The number of ether oxygens (including phenoxy) is 1. The highest BCUT2D eigenvalue weighted by Gasteiger charge is 2.26. The van der Waals surface area contributed by atoms with Crippen molar-refractivity contribution in [3.8, 4) is 0 Å². The molecule has 0 aromatic rings. The zero-order valence-electron chi connectivity index (χ0n) is 8.08. The lowest BCUT2D eigenvalue weighted by atomic mass is 9.99. The average molecular weight is 183 g/mol. The molecule has 0 aromatic carbocycles. The predicted molar refractivity (Wildman–Crippen MR) is 51.3 cm³/mol. The number of hydrogen-bond acceptors (Lipinski definition) is 3. The molecule has 1 heterocycles. The van der Waals surface area contributed by atoms with Crippen molar-refractivity contribution in [3.63, 3.8) is 0 Å². The van der Waals surface area contributed by atoms with E-state index in [0.717, 1.165) is 19.4 Å². The Morgan fingerprint density at radius 2 is 2.62 bits per heavy atom. The first-order valence-electron chi connectivity index (χ1n) is 4.75. The summed E-state index contributed by atoms with van der Waals surface area (Å²) in [6, 6.07) is 0. The van der Waals surface area contributed by atoms with Crippen LogP contribution < -0.4 is 5.32 Å². The Hall–Kier alpha value is -0.670. The van der Waals surface area contributed by atoms with Crippen LogP contribution in [0.5, 0.6) is 0 Å². The molecule has 13 heavy (non-hydrogen) atoms. The van der Waals surface area contributed by atoms with Gasteiger partial charge in [-0.2, -0.15) is 0 Å². The maximum absolute atomic E-state index is 11.6. The number of nitrogens with one attached hydrogen (secondary N) is 1. The van der Waals surface area contributed by atoms with E-state index in [4.69, 9.17) is 4.74 Å². The fourth-order valence-corrected chi connectivity index (χ4v) is 1.38. The molecule has 3 heteroatoms. The quantitative estimate of drug-likeness (QED) is 0.649. The molecule has 0 aromatic heterocycles. The van der Waals surface area contributed by atoms with Gasteiger partial charge >= 0.3 is 0 Å². The highest BCUT2D eigenvalue weighted by Crippen LogP contribution is 2.11. The van der Waals surface area contributed by atoms with Gasteiger partial charge in [-0.1, -0.05) is 13.0 Å². The molecule has 0 aliphatic carbocycles. The fraction of sp³-hybridized carbons (Fsp3) is 0.700. The van der Waals surface area contributed by atoms with Crippen LogP contribution >= 0.6 is 0 Å². The average Bonchev–Trinajstić information content (AvgIpc) is 2.65. The normalized spacial score (nSPS) is 24.2. The molecule has 0 radical (unpaired) electrons. The van der Waals surface area contributed by atoms with Crippen LogP contribution in [0.15, 0.2) is 12.7 Å². The van der Waals surface area contributed by atoms with E-state index in [9.17, 15) is 4.79 Å². The molecule has 0 amide bonds. The van der Waals surface area contributed by atoms with Gasteiger partial charge in [0.2, 0.25) is 0 Å². The van der Waals surface area contributed by atoms with Crippen LogP contribution in [0.3, 0.4) is 0 Å². The fourth-order valence-electron chi connectivity index (χ4n) is 1.38. The zero-order chi connectivity index (χ0) is 9.68. The summed E-state index contributed by atoms with van der Waals surface area (Å²) in [7, 11) is 0. The molecule has 1 rings (SSSR count). The highest BCUT2D eigenvalue weighted by molar-refractivity contribution is 5.84. The Morgan fingerprint density at radius 1 is 1.85 bits per heavy atom. The molecule has 3 nitrogen and oxygen atoms in total. The zero-order valence-corrected chi connectivity index (χ0v) is 8.08. The number of allylic oxidation sites excluding steroid dienone is 1. The Bertz CT molecular complexity index is 185. The van der Waals surface area contributed by atoms with Crippen molar-refractivity contribution in [2.45, 2.75) is 26.0 Å². The second-order valence-corrected chi connectivity index (χ2v) is 3.37. The lowest BCUT2D eigenvalue weighted by molar-refractivity contribution is -0.132. The SMILES string of the molecule is C=CCC[C@@H](C)C(=O)C1NCCO1. The van der Waals surface area contributed by atoms with E-state index >= 15 is 0 Å². The molecule has 1 aliphatic heterocycles. The molecule has 2 atom stereocenters. The van der Waals surface area contributed by atoms with Crippen LogP contribution in [0.4, 0.5) is 0 Å². The van der Waals surface area contributed by atoms with Crippen LogP contribution in [0, 0.1) is 5.92 Å². The summed E-state index contributed by atoms with van der Waals surface area (Å²) in [5, 5.41) is 3.02. The van der Waals surface area contributed by atoms with E-state index in [1.807, 2.05) is 13.0 Å². The first-order valence-corrected chi connectivity index (χ1v) is 4.75. The maximum Gasteiger partial charge on any atom is 0.179 e. The summed E-state index contributed by atoms with van der Waals surface area (Å²) < 4.78 is 5.23. The number of ketones is 1. The van der Waals surface area contributed by atoms with Crippen LogP contribution in [-0.4, -0.2) is 25.2 Å². The van der Waals surface area contributed by atoms with Gasteiger partial charge in [-0.3, -0.25) is 10.1 Å². The first-order chi connectivity index (χ1) is 6.25. The molecule has 1 aliphatic rings. The molecule has 1 unspecified atom stereocenters. The smallest absolute Gasteiger partial charge is 0.179 e. The molecule has 1 fully saturated rings. The number of Topliss-reactive ketones (excluding diaryl/α,β-unsaturated/α-hetero) is 1. The Balaban J connectivity index is 2.32. The minimum absolute atomic E-state index is 0.0635. The van der Waals surface area contributed by atoms with Gasteiger partial charge in [0.15, 0.2) is 12.0 Å². The van der Waals surface area contributed by atoms with Gasteiger partial charge in [0.25, 0.3) is 0 Å². The summed E-state index contributed by atoms with van der Waals surface area (Å²) in [6.45, 7) is 7.00. The largest absolute Gasteiger partial charge is 0.355 e. The van der Waals surface area contributed by atoms with Gasteiger partial charge in [-0.05, 0) is 12.8 Å². The molecule has 0 spiro atoms. The third-order valence-electron chi connectivity index (χ3n) is 2.26. The molecule has 1 N–H and O–H groups in total. The minimum atomic E-state index is -0.361. The second kappa shape index (κ2) is 5.14. The van der Waals surface area contributed by atoms with Crippen LogP contribution in [0.1, 0.15) is 19.8 Å². The van der Waals surface area contributed by atoms with Crippen molar-refractivity contribution in [2.75, 3.05) is 13.2 Å². The van der Waals surface area contributed by atoms with E-state index in [1.165, 1.54) is 0 Å². The van der Waals surface area contributed by atoms with Crippen molar-refractivity contribution in [2.24, 2.45) is 5.92 Å². The van der Waals surface area contributed by atoms with E-state index in [2.05, 4.69) is 11.9 Å². The highest BCUT2D eigenvalue weighted by atomic mass is 16.5. The summed E-state index contributed by atoms with van der Waals surface area (Å²) in [5.41, 5.74) is 0. The molecule has 74 valence electrons. The minimum Gasteiger partial charge on any atom is -0.355 e. The monoisotopic (exact) mass is 183 g/mol. The third-order valence-corrected chi connectivity index (χ3v) is 2.26. The van der Waals surface area contributed by atoms with Gasteiger partial charge < -0.3 is 4.74 Å². The lowest BCUT2D eigenvalue weighted by Gasteiger charge is -2.14. The Labute approximate surface area is 79.2 Å². The molecular formula is C10H17NO2. The van der Waals surface area contributed by atoms with Crippen molar-refractivity contribution < 1.29 is 9.53 Å². The molecular weight excluding hydrogens is 166 g/mol. The van der Waals surface area contributed by atoms with Gasteiger partial charge in [0, 0.05) is 12.5 Å². The Morgan fingerprint density at radius 3 is 3.15 bits per heavy atom. The first kappa shape index (κ1) is 10.4. The third kappa shape index (κ3) is 2.94. The van der Waals surface area contributed by atoms with Gasteiger partial charge in [-0.15, -0.1) is 6.58 Å². The maximum atomic E-state index is 11.6. The molecule has 0 saturated carbocycles. The van der Waals surface area contributed by atoms with Crippen molar-refractivity contribution in [1.29, 1.82) is 0 Å². The lowest BCUT2D eigenvalue weighted by Crippen LogP contribution is -2.35. The standard InChI is InChI=1S/C10H17NO2/c1-3-4-5-8(2)9(12)10-11-6-7-13-10/h3,8,10-11H,1,4-7H2,2H3/t8-,10?/m1/s1. The van der Waals surface area contributed by atoms with E-state index in [-0.39, 0.29) is 17.9 Å². The van der Waals surface area contributed by atoms with Crippen LogP contribution in [0.25, 0.3) is 0 Å². The number of carbonyl (C=O) groups is 1. The summed E-state index contributed by atoms with van der Waals surface area (Å²) in [4.78, 5) is 11.6. The number of carbonyl (C=O) groups excluding carboxylic acids is 1. The second-order valence-electron chi connectivity index (χ2n) is 3.37. The number of rotatable bonds is 5. The van der Waals surface area contributed by atoms with E-state index < -0.39 is 0 Å².